The van der Waals surface area contributed by atoms with Crippen LogP contribution in [0, 0.1) is 5.92 Å². The lowest BCUT2D eigenvalue weighted by Gasteiger charge is -2.33. The Hall–Kier alpha value is -1.14. The molecule has 1 saturated heterocycles. The number of imide groups is 1. The van der Waals surface area contributed by atoms with Crippen LogP contribution < -0.4 is 16.4 Å². The third kappa shape index (κ3) is 5.57. The van der Waals surface area contributed by atoms with Gasteiger partial charge < -0.3 is 11.1 Å². The molecule has 0 bridgehead atoms. The molecule has 0 spiro atoms. The van der Waals surface area contributed by atoms with Crippen molar-refractivity contribution in [2.75, 3.05) is 19.6 Å². The van der Waals surface area contributed by atoms with Crippen LogP contribution in [0.25, 0.3) is 0 Å². The van der Waals surface area contributed by atoms with Crippen LogP contribution in [0.1, 0.15) is 51.9 Å². The minimum atomic E-state index is -0.345. The summed E-state index contributed by atoms with van der Waals surface area (Å²) in [5.74, 6) is 0.335. The van der Waals surface area contributed by atoms with Gasteiger partial charge in [-0.2, -0.15) is 0 Å². The Kier molecular flexibility index (Phi) is 6.64. The van der Waals surface area contributed by atoms with Crippen molar-refractivity contribution in [3.8, 4) is 0 Å². The molecule has 0 aromatic carbocycles. The van der Waals surface area contributed by atoms with E-state index in [1.165, 1.54) is 6.42 Å². The number of nitrogens with one attached hydrogen (secondary N) is 2. The maximum atomic E-state index is 11.9. The molecule has 1 atom stereocenters. The van der Waals surface area contributed by atoms with Gasteiger partial charge in [0.15, 0.2) is 0 Å². The minimum absolute atomic E-state index is 0.215. The van der Waals surface area contributed by atoms with E-state index in [4.69, 9.17) is 5.73 Å². The van der Waals surface area contributed by atoms with E-state index < -0.39 is 0 Å². The van der Waals surface area contributed by atoms with Gasteiger partial charge in [-0.25, -0.2) is 4.79 Å². The highest BCUT2D eigenvalue weighted by molar-refractivity contribution is 5.95. The zero-order valence-electron chi connectivity index (χ0n) is 13.6. The van der Waals surface area contributed by atoms with Gasteiger partial charge in [0.25, 0.3) is 0 Å². The van der Waals surface area contributed by atoms with Crippen molar-refractivity contribution in [2.24, 2.45) is 11.7 Å². The van der Waals surface area contributed by atoms with Gasteiger partial charge in [-0.1, -0.05) is 19.3 Å². The molecule has 4 N–H and O–H groups in total. The summed E-state index contributed by atoms with van der Waals surface area (Å²) in [4.78, 5) is 25.9. The van der Waals surface area contributed by atoms with E-state index in [0.29, 0.717) is 12.5 Å². The number of amides is 3. The molecule has 2 rings (SSSR count). The Morgan fingerprint density at radius 2 is 1.77 bits per heavy atom. The first-order chi connectivity index (χ1) is 10.5. The highest BCUT2D eigenvalue weighted by Crippen LogP contribution is 2.19. The molecule has 1 saturated carbocycles. The van der Waals surface area contributed by atoms with Gasteiger partial charge in [0.1, 0.15) is 0 Å². The number of urea groups is 1. The fourth-order valence-corrected chi connectivity index (χ4v) is 3.47. The Balaban J connectivity index is 1.64. The monoisotopic (exact) mass is 310 g/mol. The molecule has 2 aliphatic rings. The Bertz CT molecular complexity index is 372. The molecule has 6 nitrogen and oxygen atoms in total. The first-order valence-electron chi connectivity index (χ1n) is 8.63. The summed E-state index contributed by atoms with van der Waals surface area (Å²) < 4.78 is 0. The maximum Gasteiger partial charge on any atom is 0.321 e. The number of rotatable bonds is 4. The molecule has 0 radical (unpaired) electrons. The summed E-state index contributed by atoms with van der Waals surface area (Å²) >= 11 is 0. The first-order valence-corrected chi connectivity index (χ1v) is 8.63. The second kappa shape index (κ2) is 8.48. The van der Waals surface area contributed by atoms with Gasteiger partial charge in [0, 0.05) is 12.1 Å². The maximum absolute atomic E-state index is 11.9. The lowest BCUT2D eigenvalue weighted by molar-refractivity contribution is -0.121. The predicted octanol–water partition coefficient (Wildman–Crippen LogP) is 1.20. The molecule has 1 aliphatic heterocycles. The molecule has 2 fully saturated rings. The molecular formula is C16H30N4O2. The van der Waals surface area contributed by atoms with Crippen molar-refractivity contribution in [2.45, 2.75) is 64.0 Å². The van der Waals surface area contributed by atoms with Crippen molar-refractivity contribution < 1.29 is 9.59 Å². The van der Waals surface area contributed by atoms with Crippen LogP contribution in [0.4, 0.5) is 4.79 Å². The standard InChI is InChI=1S/C16H30N4O2/c1-12(17)13-7-9-20(10-8-13)11-15(21)19-16(22)18-14-5-3-2-4-6-14/h12-14H,2-11,17H2,1H3,(H2,18,19,21,22). The van der Waals surface area contributed by atoms with E-state index in [-0.39, 0.29) is 24.0 Å². The Morgan fingerprint density at radius 1 is 1.14 bits per heavy atom. The first kappa shape index (κ1) is 17.2. The fraction of sp³-hybridized carbons (Fsp3) is 0.875. The van der Waals surface area contributed by atoms with Gasteiger partial charge in [-0.05, 0) is 51.6 Å². The number of piperidine rings is 1. The third-order valence-corrected chi connectivity index (χ3v) is 4.94. The summed E-state index contributed by atoms with van der Waals surface area (Å²) in [6.07, 6.45) is 7.66. The van der Waals surface area contributed by atoms with Crippen LogP contribution in [0.3, 0.4) is 0 Å². The van der Waals surface area contributed by atoms with Crippen LogP contribution in [0.15, 0.2) is 0 Å². The zero-order chi connectivity index (χ0) is 15.9. The highest BCUT2D eigenvalue weighted by atomic mass is 16.2. The molecule has 22 heavy (non-hydrogen) atoms. The van der Waals surface area contributed by atoms with Gasteiger partial charge in [-0.15, -0.1) is 0 Å². The molecule has 3 amide bonds. The normalized spacial score (nSPS) is 23.0. The SMILES string of the molecule is CC(N)C1CCN(CC(=O)NC(=O)NC2CCCCC2)CC1. The number of nitrogens with two attached hydrogens (primary N) is 1. The summed E-state index contributed by atoms with van der Waals surface area (Å²) in [6.45, 7) is 4.10. The average Bonchev–Trinajstić information content (AvgIpc) is 2.48. The van der Waals surface area contributed by atoms with E-state index >= 15 is 0 Å². The van der Waals surface area contributed by atoms with E-state index in [1.807, 2.05) is 6.92 Å². The van der Waals surface area contributed by atoms with E-state index in [1.54, 1.807) is 0 Å². The molecule has 0 aromatic heterocycles. The van der Waals surface area contributed by atoms with Gasteiger partial charge in [-0.3, -0.25) is 15.0 Å². The largest absolute Gasteiger partial charge is 0.335 e. The number of hydrogen-bond acceptors (Lipinski definition) is 4. The molecule has 1 heterocycles. The summed E-state index contributed by atoms with van der Waals surface area (Å²) in [7, 11) is 0. The average molecular weight is 310 g/mol. The summed E-state index contributed by atoms with van der Waals surface area (Å²) in [5, 5.41) is 5.36. The smallest absolute Gasteiger partial charge is 0.321 e. The molecule has 6 heteroatoms. The minimum Gasteiger partial charge on any atom is -0.335 e. The highest BCUT2D eigenvalue weighted by Gasteiger charge is 2.24. The van der Waals surface area contributed by atoms with Crippen LogP contribution in [0.5, 0.6) is 0 Å². The molecular weight excluding hydrogens is 280 g/mol. The molecule has 1 unspecified atom stereocenters. The summed E-state index contributed by atoms with van der Waals surface area (Å²) in [5.41, 5.74) is 5.92. The Labute approximate surface area is 133 Å². The second-order valence-electron chi connectivity index (χ2n) is 6.83. The van der Waals surface area contributed by atoms with Crippen molar-refractivity contribution in [3.05, 3.63) is 0 Å². The van der Waals surface area contributed by atoms with E-state index in [9.17, 15) is 9.59 Å². The quantitative estimate of drug-likeness (QED) is 0.728. The van der Waals surface area contributed by atoms with Gasteiger partial charge >= 0.3 is 6.03 Å². The lowest BCUT2D eigenvalue weighted by atomic mass is 9.91. The molecule has 126 valence electrons. The van der Waals surface area contributed by atoms with Crippen LogP contribution in [-0.4, -0.2) is 48.6 Å². The molecule has 1 aliphatic carbocycles. The lowest BCUT2D eigenvalue weighted by Crippen LogP contribution is -2.49. The number of likely N-dealkylation sites (tertiary alicyclic amines) is 1. The number of carbonyl (C=O) groups excluding carboxylic acids is 2. The van der Waals surface area contributed by atoms with Gasteiger partial charge in [0.2, 0.25) is 5.91 Å². The van der Waals surface area contributed by atoms with Crippen molar-refractivity contribution in [1.82, 2.24) is 15.5 Å². The van der Waals surface area contributed by atoms with E-state index in [2.05, 4.69) is 15.5 Å². The number of hydrogen-bond donors (Lipinski definition) is 3. The number of nitrogens with zero attached hydrogens (tertiary/aromatic N) is 1. The Morgan fingerprint density at radius 3 is 2.36 bits per heavy atom. The summed E-state index contributed by atoms with van der Waals surface area (Å²) in [6, 6.07) is 0.1000. The molecule has 0 aromatic rings. The van der Waals surface area contributed by atoms with Gasteiger partial charge in [0.05, 0.1) is 6.54 Å². The number of carbonyl (C=O) groups is 2. The fourth-order valence-electron chi connectivity index (χ4n) is 3.47. The topological polar surface area (TPSA) is 87.5 Å². The second-order valence-corrected chi connectivity index (χ2v) is 6.83. The third-order valence-electron chi connectivity index (χ3n) is 4.94. The van der Waals surface area contributed by atoms with Crippen molar-refractivity contribution >= 4 is 11.9 Å². The van der Waals surface area contributed by atoms with Crippen molar-refractivity contribution in [3.63, 3.8) is 0 Å². The van der Waals surface area contributed by atoms with Crippen molar-refractivity contribution in [1.29, 1.82) is 0 Å². The predicted molar refractivity (Wildman–Crippen MR) is 86.4 cm³/mol. The van der Waals surface area contributed by atoms with E-state index in [0.717, 1.165) is 51.6 Å². The van der Waals surface area contributed by atoms with Crippen LogP contribution >= 0.6 is 0 Å². The zero-order valence-corrected chi connectivity index (χ0v) is 13.6. The van der Waals surface area contributed by atoms with Crippen LogP contribution in [-0.2, 0) is 4.79 Å². The van der Waals surface area contributed by atoms with Crippen LogP contribution in [0.2, 0.25) is 0 Å².